The SMILES string of the molecule is CCN(CC)C(=O)CN1CCO[C@@H](c2ccccc2Br)C1. The first-order valence-corrected chi connectivity index (χ1v) is 8.31. The van der Waals surface area contributed by atoms with Gasteiger partial charge >= 0.3 is 0 Å². The second-order valence-corrected chi connectivity index (χ2v) is 6.04. The van der Waals surface area contributed by atoms with Gasteiger partial charge in [0, 0.05) is 30.7 Å². The number of ether oxygens (including phenoxy) is 1. The average molecular weight is 355 g/mol. The Balaban J connectivity index is 1.98. The maximum atomic E-state index is 12.2. The molecular weight excluding hydrogens is 332 g/mol. The van der Waals surface area contributed by atoms with E-state index in [1.165, 1.54) is 0 Å². The molecule has 1 aromatic carbocycles. The number of carbonyl (C=O) groups excluding carboxylic acids is 1. The summed E-state index contributed by atoms with van der Waals surface area (Å²) in [6.07, 6.45) is 0.0267. The fraction of sp³-hybridized carbons (Fsp3) is 0.562. The monoisotopic (exact) mass is 354 g/mol. The molecule has 1 aliphatic rings. The van der Waals surface area contributed by atoms with Crippen LogP contribution in [0.25, 0.3) is 0 Å². The van der Waals surface area contributed by atoms with Gasteiger partial charge in [-0.15, -0.1) is 0 Å². The van der Waals surface area contributed by atoms with E-state index >= 15 is 0 Å². The van der Waals surface area contributed by atoms with Crippen LogP contribution in [0.3, 0.4) is 0 Å². The van der Waals surface area contributed by atoms with E-state index in [0.29, 0.717) is 13.2 Å². The lowest BCUT2D eigenvalue weighted by molar-refractivity contribution is -0.134. The zero-order valence-corrected chi connectivity index (χ0v) is 14.3. The van der Waals surface area contributed by atoms with Gasteiger partial charge in [0.05, 0.1) is 19.3 Å². The molecule has 0 aliphatic carbocycles. The summed E-state index contributed by atoms with van der Waals surface area (Å²) >= 11 is 3.57. The van der Waals surface area contributed by atoms with Gasteiger partial charge in [0.1, 0.15) is 0 Å². The van der Waals surface area contributed by atoms with Crippen molar-refractivity contribution in [3.8, 4) is 0 Å². The molecule has 2 rings (SSSR count). The van der Waals surface area contributed by atoms with Crippen LogP contribution in [-0.4, -0.2) is 55.0 Å². The van der Waals surface area contributed by atoms with Crippen molar-refractivity contribution in [2.75, 3.05) is 39.3 Å². The van der Waals surface area contributed by atoms with Gasteiger partial charge in [-0.2, -0.15) is 0 Å². The highest BCUT2D eigenvalue weighted by Crippen LogP contribution is 2.28. The Bertz CT molecular complexity index is 477. The third kappa shape index (κ3) is 4.28. The van der Waals surface area contributed by atoms with Crippen molar-refractivity contribution >= 4 is 21.8 Å². The number of halogens is 1. The maximum absolute atomic E-state index is 12.2. The lowest BCUT2D eigenvalue weighted by Crippen LogP contribution is -2.45. The Hall–Kier alpha value is -0.910. The molecule has 1 aliphatic heterocycles. The van der Waals surface area contributed by atoms with Gasteiger partial charge in [0.25, 0.3) is 0 Å². The highest BCUT2D eigenvalue weighted by Gasteiger charge is 2.25. The normalized spacial score (nSPS) is 19.5. The Labute approximate surface area is 135 Å². The topological polar surface area (TPSA) is 32.8 Å². The number of hydrogen-bond acceptors (Lipinski definition) is 3. The number of rotatable bonds is 5. The lowest BCUT2D eigenvalue weighted by atomic mass is 10.1. The molecule has 4 nitrogen and oxygen atoms in total. The van der Waals surface area contributed by atoms with Gasteiger partial charge in [-0.05, 0) is 25.5 Å². The first-order valence-electron chi connectivity index (χ1n) is 7.51. The Morgan fingerprint density at radius 1 is 1.38 bits per heavy atom. The molecule has 1 fully saturated rings. The smallest absolute Gasteiger partial charge is 0.236 e. The summed E-state index contributed by atoms with van der Waals surface area (Å²) in [6, 6.07) is 8.12. The van der Waals surface area contributed by atoms with Crippen LogP contribution < -0.4 is 0 Å². The minimum Gasteiger partial charge on any atom is -0.371 e. The molecule has 21 heavy (non-hydrogen) atoms. The van der Waals surface area contributed by atoms with Crippen molar-refractivity contribution in [3.05, 3.63) is 34.3 Å². The number of benzene rings is 1. The zero-order valence-electron chi connectivity index (χ0n) is 12.7. The Morgan fingerprint density at radius 3 is 2.76 bits per heavy atom. The quantitative estimate of drug-likeness (QED) is 0.814. The van der Waals surface area contributed by atoms with E-state index in [9.17, 15) is 4.79 Å². The first-order chi connectivity index (χ1) is 10.2. The number of hydrogen-bond donors (Lipinski definition) is 0. The Kier molecular flexibility index (Phi) is 6.21. The molecule has 5 heteroatoms. The molecule has 0 saturated carbocycles. The fourth-order valence-corrected chi connectivity index (χ4v) is 3.18. The van der Waals surface area contributed by atoms with Crippen molar-refractivity contribution < 1.29 is 9.53 Å². The maximum Gasteiger partial charge on any atom is 0.236 e. The van der Waals surface area contributed by atoms with Gasteiger partial charge in [0.15, 0.2) is 0 Å². The van der Waals surface area contributed by atoms with Crippen LogP contribution in [0.5, 0.6) is 0 Å². The molecule has 116 valence electrons. The predicted molar refractivity (Wildman–Crippen MR) is 87.2 cm³/mol. The lowest BCUT2D eigenvalue weighted by Gasteiger charge is -2.34. The van der Waals surface area contributed by atoms with Gasteiger partial charge in [0.2, 0.25) is 5.91 Å². The van der Waals surface area contributed by atoms with E-state index in [4.69, 9.17) is 4.74 Å². The molecule has 1 saturated heterocycles. The molecule has 0 aromatic heterocycles. The zero-order chi connectivity index (χ0) is 15.2. The minimum absolute atomic E-state index is 0.0267. The summed E-state index contributed by atoms with van der Waals surface area (Å²) in [6.45, 7) is 8.29. The van der Waals surface area contributed by atoms with E-state index in [-0.39, 0.29) is 12.0 Å². The molecular formula is C16H23BrN2O2. The van der Waals surface area contributed by atoms with Crippen LogP contribution >= 0.6 is 15.9 Å². The summed E-state index contributed by atoms with van der Waals surface area (Å²) < 4.78 is 6.94. The number of nitrogens with zero attached hydrogens (tertiary/aromatic N) is 2. The molecule has 1 amide bonds. The third-order valence-electron chi connectivity index (χ3n) is 3.88. The van der Waals surface area contributed by atoms with Crippen LogP contribution in [-0.2, 0) is 9.53 Å². The molecule has 0 radical (unpaired) electrons. The first kappa shape index (κ1) is 16.5. The summed E-state index contributed by atoms with van der Waals surface area (Å²) in [5.41, 5.74) is 1.15. The van der Waals surface area contributed by atoms with Crippen LogP contribution in [0.4, 0.5) is 0 Å². The highest BCUT2D eigenvalue weighted by molar-refractivity contribution is 9.10. The summed E-state index contributed by atoms with van der Waals surface area (Å²) in [5.74, 6) is 0.202. The van der Waals surface area contributed by atoms with Gasteiger partial charge in [-0.1, -0.05) is 34.1 Å². The van der Waals surface area contributed by atoms with Crippen molar-refractivity contribution in [1.82, 2.24) is 9.80 Å². The number of carbonyl (C=O) groups is 1. The summed E-state index contributed by atoms with van der Waals surface area (Å²) in [7, 11) is 0. The third-order valence-corrected chi connectivity index (χ3v) is 4.60. The van der Waals surface area contributed by atoms with E-state index < -0.39 is 0 Å². The average Bonchev–Trinajstić information content (AvgIpc) is 2.49. The van der Waals surface area contributed by atoms with Gasteiger partial charge in [-0.25, -0.2) is 0 Å². The van der Waals surface area contributed by atoms with E-state index in [0.717, 1.165) is 36.2 Å². The van der Waals surface area contributed by atoms with Crippen LogP contribution in [0.2, 0.25) is 0 Å². The molecule has 1 aromatic rings. The molecule has 0 bridgehead atoms. The van der Waals surface area contributed by atoms with Gasteiger partial charge < -0.3 is 9.64 Å². The highest BCUT2D eigenvalue weighted by atomic mass is 79.9. The minimum atomic E-state index is 0.0267. The molecule has 1 atom stereocenters. The number of morpholine rings is 1. The fourth-order valence-electron chi connectivity index (χ4n) is 2.64. The van der Waals surface area contributed by atoms with Crippen LogP contribution in [0.1, 0.15) is 25.5 Å². The Morgan fingerprint density at radius 2 is 2.10 bits per heavy atom. The summed E-state index contributed by atoms with van der Waals surface area (Å²) in [4.78, 5) is 16.3. The van der Waals surface area contributed by atoms with Crippen molar-refractivity contribution in [2.24, 2.45) is 0 Å². The van der Waals surface area contributed by atoms with Crippen molar-refractivity contribution in [2.45, 2.75) is 20.0 Å². The second-order valence-electron chi connectivity index (χ2n) is 5.18. The van der Waals surface area contributed by atoms with Gasteiger partial charge in [-0.3, -0.25) is 9.69 Å². The van der Waals surface area contributed by atoms with E-state index in [2.05, 4.69) is 26.9 Å². The van der Waals surface area contributed by atoms with Crippen molar-refractivity contribution in [3.63, 3.8) is 0 Å². The molecule has 0 unspecified atom stereocenters. The van der Waals surface area contributed by atoms with Crippen molar-refractivity contribution in [1.29, 1.82) is 0 Å². The molecule has 0 N–H and O–H groups in total. The molecule has 1 heterocycles. The summed E-state index contributed by atoms with van der Waals surface area (Å²) in [5, 5.41) is 0. The second kappa shape index (κ2) is 7.92. The largest absolute Gasteiger partial charge is 0.371 e. The van der Waals surface area contributed by atoms with Crippen LogP contribution in [0, 0.1) is 0 Å². The number of likely N-dealkylation sites (N-methyl/N-ethyl adjacent to an activating group) is 1. The molecule has 0 spiro atoms. The van der Waals surface area contributed by atoms with E-state index in [1.54, 1.807) is 0 Å². The van der Waals surface area contributed by atoms with E-state index in [1.807, 2.05) is 36.9 Å². The predicted octanol–water partition coefficient (Wildman–Crippen LogP) is 2.69. The van der Waals surface area contributed by atoms with Crippen LogP contribution in [0.15, 0.2) is 28.7 Å². The standard InChI is InChI=1S/C16H23BrN2O2/c1-3-19(4-2)16(20)12-18-9-10-21-15(11-18)13-7-5-6-8-14(13)17/h5-8,15H,3-4,9-12H2,1-2H3/t15-/m1/s1. The number of amides is 1.